The van der Waals surface area contributed by atoms with Crippen molar-refractivity contribution >= 4 is 27.3 Å². The average molecular weight is 494 g/mol. The molecule has 1 saturated heterocycles. The highest BCUT2D eigenvalue weighted by Gasteiger charge is 2.46. The highest BCUT2D eigenvalue weighted by Crippen LogP contribution is 2.42. The number of hydrogen-bond acceptors (Lipinski definition) is 6. The molecule has 0 unspecified atom stereocenters. The van der Waals surface area contributed by atoms with Crippen molar-refractivity contribution in [3.63, 3.8) is 0 Å². The van der Waals surface area contributed by atoms with Gasteiger partial charge in [-0.15, -0.1) is 0 Å². The highest BCUT2D eigenvalue weighted by molar-refractivity contribution is 7.89. The minimum atomic E-state index is -4.59. The van der Waals surface area contributed by atoms with E-state index in [0.717, 1.165) is 31.5 Å². The van der Waals surface area contributed by atoms with Gasteiger partial charge in [-0.25, -0.2) is 22.9 Å². The van der Waals surface area contributed by atoms with E-state index in [1.165, 1.54) is 11.0 Å². The zero-order valence-electron chi connectivity index (χ0n) is 17.1. The quantitative estimate of drug-likeness (QED) is 0.597. The number of aromatic nitrogens is 1. The lowest BCUT2D eigenvalue weighted by molar-refractivity contribution is -0.146. The number of anilines is 2. The van der Waals surface area contributed by atoms with Crippen LogP contribution in [0.4, 0.5) is 33.3 Å². The molecular weight excluding hydrogens is 475 g/mol. The number of primary sulfonamides is 1. The molecule has 1 aliphatic rings. The van der Waals surface area contributed by atoms with Gasteiger partial charge in [-0.2, -0.15) is 17.6 Å². The van der Waals surface area contributed by atoms with Crippen molar-refractivity contribution in [1.29, 1.82) is 0 Å². The minimum Gasteiger partial charge on any atom is -0.491 e. The number of nitrogens with zero attached hydrogens (tertiary/aromatic N) is 2. The maximum atomic E-state index is 14.2. The van der Waals surface area contributed by atoms with Crippen LogP contribution in [-0.4, -0.2) is 45.2 Å². The van der Waals surface area contributed by atoms with E-state index >= 15 is 0 Å². The Hall–Kier alpha value is -3.00. The molecule has 0 bridgehead atoms. The van der Waals surface area contributed by atoms with E-state index in [-0.39, 0.29) is 24.3 Å². The van der Waals surface area contributed by atoms with Crippen molar-refractivity contribution in [3.05, 3.63) is 42.1 Å². The monoisotopic (exact) mass is 494 g/mol. The summed E-state index contributed by atoms with van der Waals surface area (Å²) in [5.74, 6) is -5.27. The Bertz CT molecular complexity index is 1160. The molecule has 8 nitrogen and oxygen atoms in total. The lowest BCUT2D eigenvalue weighted by Gasteiger charge is -2.30. The summed E-state index contributed by atoms with van der Waals surface area (Å²) in [4.78, 5) is 17.8. The first-order valence-corrected chi connectivity index (χ1v) is 11.0. The van der Waals surface area contributed by atoms with Crippen molar-refractivity contribution in [2.24, 2.45) is 11.1 Å². The van der Waals surface area contributed by atoms with Crippen molar-refractivity contribution in [2.75, 3.05) is 23.9 Å². The number of ether oxygens (including phenoxy) is 1. The third-order valence-electron chi connectivity index (χ3n) is 5.12. The minimum absolute atomic E-state index is 0.0704. The Balaban J connectivity index is 1.99. The fraction of sp³-hybridized carbons (Fsp3) is 0.368. The van der Waals surface area contributed by atoms with Crippen LogP contribution in [-0.2, 0) is 14.8 Å². The molecule has 2 aromatic rings. The summed E-state index contributed by atoms with van der Waals surface area (Å²) >= 11 is 0. The van der Waals surface area contributed by atoms with E-state index in [1.807, 2.05) is 0 Å². The average Bonchev–Trinajstić information content (AvgIpc) is 3.11. The molecule has 0 saturated carbocycles. The van der Waals surface area contributed by atoms with Gasteiger partial charge < -0.3 is 15.0 Å². The van der Waals surface area contributed by atoms with Gasteiger partial charge in [0.25, 0.3) is 10.0 Å². The molecule has 2 heterocycles. The fourth-order valence-corrected chi connectivity index (χ4v) is 4.29. The van der Waals surface area contributed by atoms with Gasteiger partial charge in [0, 0.05) is 30.9 Å². The Labute approximate surface area is 185 Å². The number of carbonyl (C=O) groups is 1. The smallest absolute Gasteiger partial charge is 0.389 e. The third kappa shape index (κ3) is 5.50. The summed E-state index contributed by atoms with van der Waals surface area (Å²) in [5, 5.41) is 6.81. The lowest BCUT2D eigenvalue weighted by atomic mass is 9.95. The summed E-state index contributed by atoms with van der Waals surface area (Å²) in [5.41, 5.74) is -0.171. The number of rotatable bonds is 6. The second-order valence-electron chi connectivity index (χ2n) is 7.34. The first kappa shape index (κ1) is 24.6. The summed E-state index contributed by atoms with van der Waals surface area (Å²) in [6.45, 7) is -0.0704. The van der Waals surface area contributed by atoms with Gasteiger partial charge in [0.1, 0.15) is 6.04 Å². The van der Waals surface area contributed by atoms with Gasteiger partial charge in [-0.05, 0) is 30.5 Å². The van der Waals surface area contributed by atoms with E-state index in [0.29, 0.717) is 0 Å². The van der Waals surface area contributed by atoms with Gasteiger partial charge >= 0.3 is 6.18 Å². The van der Waals surface area contributed by atoms with Crippen molar-refractivity contribution in [2.45, 2.75) is 30.1 Å². The first-order chi connectivity index (χ1) is 15.3. The summed E-state index contributed by atoms with van der Waals surface area (Å²) < 4.78 is 95.3. The SMILES string of the molecule is COc1c(N2CC[C@H](CC(F)(F)F)[C@H]2C(=O)Nc2ccnc(S(N)(=O)=O)c2)ccc(F)c1F. The van der Waals surface area contributed by atoms with Crippen molar-refractivity contribution in [1.82, 2.24) is 4.98 Å². The van der Waals surface area contributed by atoms with Crippen LogP contribution in [0.3, 0.4) is 0 Å². The topological polar surface area (TPSA) is 115 Å². The second kappa shape index (κ2) is 9.09. The number of nitrogens with one attached hydrogen (secondary N) is 1. The number of hydrogen-bond donors (Lipinski definition) is 2. The molecule has 0 radical (unpaired) electrons. The van der Waals surface area contributed by atoms with Crippen LogP contribution in [0.1, 0.15) is 12.8 Å². The largest absolute Gasteiger partial charge is 0.491 e. The third-order valence-corrected chi connectivity index (χ3v) is 5.93. The Kier molecular flexibility index (Phi) is 6.79. The van der Waals surface area contributed by atoms with Crippen LogP contribution >= 0.6 is 0 Å². The first-order valence-electron chi connectivity index (χ1n) is 9.47. The molecule has 1 aliphatic heterocycles. The number of halogens is 5. The summed E-state index contributed by atoms with van der Waals surface area (Å²) in [7, 11) is -3.14. The lowest BCUT2D eigenvalue weighted by Crippen LogP contribution is -2.44. The molecule has 180 valence electrons. The molecule has 1 amide bonds. The predicted octanol–water partition coefficient (Wildman–Crippen LogP) is 2.80. The predicted molar refractivity (Wildman–Crippen MR) is 107 cm³/mol. The number of alkyl halides is 3. The van der Waals surface area contributed by atoms with Gasteiger partial charge in [0.2, 0.25) is 11.7 Å². The van der Waals surface area contributed by atoms with E-state index in [2.05, 4.69) is 10.3 Å². The van der Waals surface area contributed by atoms with Crippen molar-refractivity contribution < 1.29 is 39.9 Å². The maximum absolute atomic E-state index is 14.2. The zero-order valence-corrected chi connectivity index (χ0v) is 17.9. The van der Waals surface area contributed by atoms with Crippen molar-refractivity contribution in [3.8, 4) is 5.75 Å². The number of amides is 1. The Morgan fingerprint density at radius 2 is 2.00 bits per heavy atom. The second-order valence-corrected chi connectivity index (χ2v) is 8.85. The number of nitrogens with two attached hydrogens (primary N) is 1. The highest BCUT2D eigenvalue weighted by atomic mass is 32.2. The van der Waals surface area contributed by atoms with Crippen LogP contribution in [0.25, 0.3) is 0 Å². The van der Waals surface area contributed by atoms with Crippen LogP contribution in [0, 0.1) is 17.6 Å². The molecule has 0 spiro atoms. The summed E-state index contributed by atoms with van der Waals surface area (Å²) in [6.07, 6.45) is -4.91. The van der Waals surface area contributed by atoms with E-state index < -0.39 is 62.9 Å². The molecule has 3 N–H and O–H groups in total. The molecule has 2 atom stereocenters. The standard InChI is InChI=1S/C19H19F5N4O4S/c1-32-17-13(3-2-12(20)15(17)21)28-7-5-10(9-19(22,23)24)16(28)18(29)27-11-4-6-26-14(8-11)33(25,30)31/h2-4,6,8,10,16H,5,7,9H2,1H3,(H2,25,30,31)(H,26,27,29)/t10-,16+/m1/s1. The number of carbonyl (C=O) groups excluding carboxylic acids is 1. The van der Waals surface area contributed by atoms with Gasteiger partial charge in [0.05, 0.1) is 12.8 Å². The van der Waals surface area contributed by atoms with E-state index in [4.69, 9.17) is 9.88 Å². The molecule has 3 rings (SSSR count). The van der Waals surface area contributed by atoms with Gasteiger partial charge in [-0.3, -0.25) is 4.79 Å². The molecule has 33 heavy (non-hydrogen) atoms. The van der Waals surface area contributed by atoms with Gasteiger partial charge in [-0.1, -0.05) is 0 Å². The fourth-order valence-electron chi connectivity index (χ4n) is 3.79. The molecule has 14 heteroatoms. The molecule has 0 aliphatic carbocycles. The molecule has 1 aromatic carbocycles. The van der Waals surface area contributed by atoms with Crippen LogP contribution in [0.15, 0.2) is 35.5 Å². The number of pyridine rings is 1. The molecule has 1 fully saturated rings. The Morgan fingerprint density at radius 3 is 2.61 bits per heavy atom. The van der Waals surface area contributed by atoms with Crippen LogP contribution in [0.2, 0.25) is 0 Å². The zero-order chi connectivity index (χ0) is 24.6. The normalized spacial score (nSPS) is 18.9. The summed E-state index contributed by atoms with van der Waals surface area (Å²) in [6, 6.07) is 2.61. The van der Waals surface area contributed by atoms with E-state index in [1.54, 1.807) is 0 Å². The number of benzene rings is 1. The van der Waals surface area contributed by atoms with Gasteiger partial charge in [0.15, 0.2) is 16.6 Å². The van der Waals surface area contributed by atoms with Crippen LogP contribution < -0.4 is 20.1 Å². The molecule has 1 aromatic heterocycles. The maximum Gasteiger partial charge on any atom is 0.389 e. The number of sulfonamides is 1. The Morgan fingerprint density at radius 1 is 1.30 bits per heavy atom. The van der Waals surface area contributed by atoms with Crippen LogP contribution in [0.5, 0.6) is 5.75 Å². The van der Waals surface area contributed by atoms with E-state index in [9.17, 15) is 35.2 Å². The number of methoxy groups -OCH3 is 1. The molecular formula is C19H19F5N4O4S.